The Labute approximate surface area is 120 Å². The normalized spacial score (nSPS) is 23.8. The first-order chi connectivity index (χ1) is 9.92. The van der Waals surface area contributed by atoms with Crippen LogP contribution >= 0.6 is 0 Å². The second-order valence-electron chi connectivity index (χ2n) is 5.65. The smallest absolute Gasteiger partial charge is 0.132 e. The fourth-order valence-corrected chi connectivity index (χ4v) is 3.00. The summed E-state index contributed by atoms with van der Waals surface area (Å²) in [5.74, 6) is 1.06. The minimum Gasteiger partial charge on any atom is -0.380 e. The molecule has 0 spiro atoms. The van der Waals surface area contributed by atoms with Gasteiger partial charge in [0.05, 0.1) is 6.61 Å². The van der Waals surface area contributed by atoms with Gasteiger partial charge in [-0.1, -0.05) is 0 Å². The molecule has 2 fully saturated rings. The summed E-state index contributed by atoms with van der Waals surface area (Å²) in [6.45, 7) is 4.79. The first-order valence-electron chi connectivity index (χ1n) is 7.79. The molecule has 110 valence electrons. The first-order valence-corrected chi connectivity index (χ1v) is 7.79. The Hall–Kier alpha value is -1.20. The SMILES string of the molecule is c1nc(CC[C@@H]2CCCN2)cc(N2CCCOCC2)n1. The molecule has 1 aromatic rings. The van der Waals surface area contributed by atoms with E-state index in [0.717, 1.165) is 50.7 Å². The van der Waals surface area contributed by atoms with Gasteiger partial charge in [-0.15, -0.1) is 0 Å². The van der Waals surface area contributed by atoms with Gasteiger partial charge in [0.2, 0.25) is 0 Å². The van der Waals surface area contributed by atoms with E-state index in [9.17, 15) is 0 Å². The van der Waals surface area contributed by atoms with E-state index in [-0.39, 0.29) is 0 Å². The van der Waals surface area contributed by atoms with Crippen molar-refractivity contribution in [2.24, 2.45) is 0 Å². The van der Waals surface area contributed by atoms with Gasteiger partial charge in [0.25, 0.3) is 0 Å². The average Bonchev–Trinajstić information content (AvgIpc) is 2.86. The van der Waals surface area contributed by atoms with Crippen molar-refractivity contribution in [3.05, 3.63) is 18.1 Å². The number of aromatic nitrogens is 2. The number of hydrogen-bond acceptors (Lipinski definition) is 5. The van der Waals surface area contributed by atoms with Crippen LogP contribution in [0.15, 0.2) is 12.4 Å². The predicted octanol–water partition coefficient (Wildman–Crippen LogP) is 1.39. The van der Waals surface area contributed by atoms with Gasteiger partial charge in [0.15, 0.2) is 0 Å². The van der Waals surface area contributed by atoms with Crippen molar-refractivity contribution in [3.8, 4) is 0 Å². The summed E-state index contributed by atoms with van der Waals surface area (Å²) >= 11 is 0. The van der Waals surface area contributed by atoms with Crippen LogP contribution in [0.25, 0.3) is 0 Å². The Morgan fingerprint density at radius 3 is 3.15 bits per heavy atom. The summed E-state index contributed by atoms with van der Waals surface area (Å²) in [5, 5.41) is 3.54. The summed E-state index contributed by atoms with van der Waals surface area (Å²) in [4.78, 5) is 11.2. The molecule has 0 radical (unpaired) electrons. The zero-order valence-electron chi connectivity index (χ0n) is 12.1. The van der Waals surface area contributed by atoms with Crippen LogP contribution in [0.3, 0.4) is 0 Å². The second kappa shape index (κ2) is 6.99. The summed E-state index contributed by atoms with van der Waals surface area (Å²) < 4.78 is 5.50. The van der Waals surface area contributed by atoms with E-state index in [1.165, 1.54) is 25.8 Å². The third kappa shape index (κ3) is 3.67. The van der Waals surface area contributed by atoms with Gasteiger partial charge in [0, 0.05) is 37.5 Å². The zero-order valence-corrected chi connectivity index (χ0v) is 12.1. The van der Waals surface area contributed by atoms with E-state index in [1.54, 1.807) is 6.33 Å². The van der Waals surface area contributed by atoms with Gasteiger partial charge in [-0.2, -0.15) is 0 Å². The molecule has 0 bridgehead atoms. The van der Waals surface area contributed by atoms with Crippen LogP contribution in [0.5, 0.6) is 0 Å². The highest BCUT2D eigenvalue weighted by Gasteiger charge is 2.15. The van der Waals surface area contributed by atoms with Crippen LogP contribution in [0, 0.1) is 0 Å². The lowest BCUT2D eigenvalue weighted by Gasteiger charge is -2.21. The maximum absolute atomic E-state index is 5.50. The summed E-state index contributed by atoms with van der Waals surface area (Å²) in [6.07, 6.45) is 7.62. The highest BCUT2D eigenvalue weighted by molar-refractivity contribution is 5.39. The number of hydrogen-bond donors (Lipinski definition) is 1. The van der Waals surface area contributed by atoms with E-state index < -0.39 is 0 Å². The van der Waals surface area contributed by atoms with Gasteiger partial charge in [-0.3, -0.25) is 0 Å². The molecule has 1 N–H and O–H groups in total. The fraction of sp³-hybridized carbons (Fsp3) is 0.733. The topological polar surface area (TPSA) is 50.3 Å². The average molecular weight is 276 g/mol. The molecule has 0 amide bonds. The lowest BCUT2D eigenvalue weighted by molar-refractivity contribution is 0.152. The van der Waals surface area contributed by atoms with Crippen molar-refractivity contribution in [3.63, 3.8) is 0 Å². The zero-order chi connectivity index (χ0) is 13.6. The molecule has 3 heterocycles. The summed E-state index contributed by atoms with van der Waals surface area (Å²) in [6, 6.07) is 2.83. The van der Waals surface area contributed by atoms with E-state index in [1.807, 2.05) is 0 Å². The Balaban J connectivity index is 1.59. The van der Waals surface area contributed by atoms with E-state index >= 15 is 0 Å². The molecule has 0 saturated carbocycles. The highest BCUT2D eigenvalue weighted by atomic mass is 16.5. The van der Waals surface area contributed by atoms with Gasteiger partial charge < -0.3 is 15.0 Å². The number of ether oxygens (including phenoxy) is 1. The maximum atomic E-state index is 5.50. The van der Waals surface area contributed by atoms with Crippen LogP contribution < -0.4 is 10.2 Å². The summed E-state index contributed by atoms with van der Waals surface area (Å²) in [5.41, 5.74) is 1.16. The second-order valence-corrected chi connectivity index (χ2v) is 5.65. The van der Waals surface area contributed by atoms with Crippen molar-refractivity contribution in [1.82, 2.24) is 15.3 Å². The van der Waals surface area contributed by atoms with Crippen molar-refractivity contribution in [2.45, 2.75) is 38.1 Å². The van der Waals surface area contributed by atoms with Gasteiger partial charge in [0.1, 0.15) is 12.1 Å². The minimum atomic E-state index is 0.681. The van der Waals surface area contributed by atoms with Crippen LogP contribution in [0.1, 0.15) is 31.4 Å². The van der Waals surface area contributed by atoms with E-state index in [0.29, 0.717) is 6.04 Å². The van der Waals surface area contributed by atoms with Gasteiger partial charge in [-0.25, -0.2) is 9.97 Å². The molecule has 20 heavy (non-hydrogen) atoms. The monoisotopic (exact) mass is 276 g/mol. The highest BCUT2D eigenvalue weighted by Crippen LogP contribution is 2.16. The van der Waals surface area contributed by atoms with Crippen LogP contribution in [0.2, 0.25) is 0 Å². The third-order valence-electron chi connectivity index (χ3n) is 4.17. The van der Waals surface area contributed by atoms with Crippen LogP contribution in [-0.4, -0.2) is 48.9 Å². The van der Waals surface area contributed by atoms with Crippen molar-refractivity contribution < 1.29 is 4.74 Å². The molecule has 2 aliphatic rings. The number of aryl methyl sites for hydroxylation is 1. The number of anilines is 1. The van der Waals surface area contributed by atoms with Crippen molar-refractivity contribution >= 4 is 5.82 Å². The Morgan fingerprint density at radius 2 is 2.25 bits per heavy atom. The molecular formula is C15H24N4O. The number of nitrogens with one attached hydrogen (secondary N) is 1. The molecular weight excluding hydrogens is 252 g/mol. The first kappa shape index (κ1) is 13.8. The Bertz CT molecular complexity index is 412. The van der Waals surface area contributed by atoms with E-state index in [2.05, 4.69) is 26.3 Å². The molecule has 2 saturated heterocycles. The molecule has 0 aromatic carbocycles. The number of nitrogens with zero attached hydrogens (tertiary/aromatic N) is 3. The standard InChI is InChI=1S/C15H24N4O/c1-3-13(16-6-1)4-5-14-11-15(18-12-17-14)19-7-2-9-20-10-8-19/h11-13,16H,1-10H2/t13-/m0/s1. The largest absolute Gasteiger partial charge is 0.380 e. The minimum absolute atomic E-state index is 0.681. The van der Waals surface area contributed by atoms with Gasteiger partial charge >= 0.3 is 0 Å². The quantitative estimate of drug-likeness (QED) is 0.900. The predicted molar refractivity (Wildman–Crippen MR) is 79.0 cm³/mol. The molecule has 0 aliphatic carbocycles. The molecule has 2 aliphatic heterocycles. The molecule has 5 nitrogen and oxygen atoms in total. The van der Waals surface area contributed by atoms with Crippen LogP contribution in [0.4, 0.5) is 5.82 Å². The van der Waals surface area contributed by atoms with Crippen LogP contribution in [-0.2, 0) is 11.2 Å². The van der Waals surface area contributed by atoms with Crippen molar-refractivity contribution in [2.75, 3.05) is 37.7 Å². The Morgan fingerprint density at radius 1 is 1.25 bits per heavy atom. The maximum Gasteiger partial charge on any atom is 0.132 e. The van der Waals surface area contributed by atoms with E-state index in [4.69, 9.17) is 4.74 Å². The molecule has 0 unspecified atom stereocenters. The number of rotatable bonds is 4. The molecule has 1 aromatic heterocycles. The molecule has 1 atom stereocenters. The fourth-order valence-electron chi connectivity index (χ4n) is 3.00. The third-order valence-corrected chi connectivity index (χ3v) is 4.17. The van der Waals surface area contributed by atoms with Gasteiger partial charge in [-0.05, 0) is 38.6 Å². The molecule has 3 rings (SSSR count). The lowest BCUT2D eigenvalue weighted by Crippen LogP contribution is -2.27. The summed E-state index contributed by atoms with van der Waals surface area (Å²) in [7, 11) is 0. The van der Waals surface area contributed by atoms with Crippen molar-refractivity contribution in [1.29, 1.82) is 0 Å². The lowest BCUT2D eigenvalue weighted by atomic mass is 10.1. The Kier molecular flexibility index (Phi) is 4.82. The molecule has 5 heteroatoms.